The van der Waals surface area contributed by atoms with Crippen molar-refractivity contribution in [3.63, 3.8) is 0 Å². The topological polar surface area (TPSA) is 65.2 Å². The van der Waals surface area contributed by atoms with Gasteiger partial charge in [-0.25, -0.2) is 12.7 Å². The molecule has 1 rings (SSSR count). The van der Waals surface area contributed by atoms with Crippen LogP contribution in [0.1, 0.15) is 45.2 Å². The zero-order valence-corrected chi connectivity index (χ0v) is 13.6. The Labute approximate surface area is 122 Å². The molecule has 0 spiro atoms. The van der Waals surface area contributed by atoms with Crippen LogP contribution in [0.5, 0.6) is 0 Å². The first kappa shape index (κ1) is 17.2. The lowest BCUT2D eigenvalue weighted by Gasteiger charge is -2.15. The molecule has 0 saturated heterocycles. The van der Waals surface area contributed by atoms with E-state index in [1.165, 1.54) is 4.31 Å². The Morgan fingerprint density at radius 3 is 2.65 bits per heavy atom. The number of hydrogen-bond acceptors (Lipinski definition) is 3. The third-order valence-corrected chi connectivity index (χ3v) is 5.08. The number of hydrogen-bond donors (Lipinski definition) is 2. The number of aromatic nitrogens is 1. The smallest absolute Gasteiger partial charge is 0.244 e. The number of aromatic amines is 1. The molecule has 0 aromatic carbocycles. The molecule has 1 aromatic rings. The summed E-state index contributed by atoms with van der Waals surface area (Å²) in [6.07, 6.45) is 5.69. The van der Waals surface area contributed by atoms with Crippen LogP contribution in [-0.4, -0.2) is 37.8 Å². The summed E-state index contributed by atoms with van der Waals surface area (Å²) in [5.41, 5.74) is 0.902. The van der Waals surface area contributed by atoms with Gasteiger partial charge in [0.1, 0.15) is 0 Å². The monoisotopic (exact) mass is 301 g/mol. The van der Waals surface area contributed by atoms with Gasteiger partial charge in [0, 0.05) is 32.0 Å². The van der Waals surface area contributed by atoms with Crippen molar-refractivity contribution in [2.24, 2.45) is 0 Å². The minimum atomic E-state index is -3.35. The van der Waals surface area contributed by atoms with Crippen molar-refractivity contribution in [3.05, 3.63) is 18.0 Å². The largest absolute Gasteiger partial charge is 0.363 e. The molecular formula is C14H27N3O2S. The molecule has 1 heterocycles. The molecule has 5 nitrogen and oxygen atoms in total. The van der Waals surface area contributed by atoms with Crippen molar-refractivity contribution in [1.82, 2.24) is 14.6 Å². The van der Waals surface area contributed by atoms with Crippen molar-refractivity contribution >= 4 is 10.0 Å². The van der Waals surface area contributed by atoms with Gasteiger partial charge >= 0.3 is 0 Å². The van der Waals surface area contributed by atoms with Gasteiger partial charge in [0.2, 0.25) is 10.0 Å². The summed E-state index contributed by atoms with van der Waals surface area (Å²) in [7, 11) is -1.71. The summed E-state index contributed by atoms with van der Waals surface area (Å²) in [5.74, 6) is 0. The molecule has 0 amide bonds. The minimum absolute atomic E-state index is 0.352. The number of nitrogens with zero attached hydrogens (tertiary/aromatic N) is 1. The van der Waals surface area contributed by atoms with Gasteiger partial charge in [-0.2, -0.15) is 0 Å². The van der Waals surface area contributed by atoms with Crippen LogP contribution in [0.2, 0.25) is 0 Å². The number of H-pyrrole nitrogens is 1. The highest BCUT2D eigenvalue weighted by atomic mass is 32.2. The van der Waals surface area contributed by atoms with E-state index in [1.54, 1.807) is 19.3 Å². The molecule has 1 aromatic heterocycles. The van der Waals surface area contributed by atoms with Crippen molar-refractivity contribution < 1.29 is 8.42 Å². The number of nitrogens with one attached hydrogen (secondary N) is 2. The minimum Gasteiger partial charge on any atom is -0.363 e. The lowest BCUT2D eigenvalue weighted by Crippen LogP contribution is -2.27. The van der Waals surface area contributed by atoms with E-state index in [0.717, 1.165) is 37.9 Å². The molecule has 0 atom stereocenters. The van der Waals surface area contributed by atoms with E-state index >= 15 is 0 Å². The van der Waals surface area contributed by atoms with Gasteiger partial charge < -0.3 is 10.3 Å². The van der Waals surface area contributed by atoms with Gasteiger partial charge in [0.15, 0.2) is 0 Å². The van der Waals surface area contributed by atoms with E-state index in [9.17, 15) is 8.42 Å². The van der Waals surface area contributed by atoms with Crippen LogP contribution in [0.3, 0.4) is 0 Å². The van der Waals surface area contributed by atoms with Crippen molar-refractivity contribution in [2.75, 3.05) is 20.1 Å². The zero-order valence-electron chi connectivity index (χ0n) is 12.8. The molecule has 0 aliphatic carbocycles. The fraction of sp³-hybridized carbons (Fsp3) is 0.714. The second-order valence-corrected chi connectivity index (χ2v) is 7.12. The van der Waals surface area contributed by atoms with Crippen LogP contribution in [0.4, 0.5) is 0 Å². The fourth-order valence-electron chi connectivity index (χ4n) is 1.95. The maximum atomic E-state index is 12.4. The number of unbranched alkanes of at least 4 members (excludes halogenated alkanes) is 2. The Morgan fingerprint density at radius 2 is 2.00 bits per heavy atom. The third kappa shape index (κ3) is 4.92. The van der Waals surface area contributed by atoms with Crippen LogP contribution in [0.15, 0.2) is 17.2 Å². The fourth-order valence-corrected chi connectivity index (χ4v) is 3.18. The molecule has 0 fully saturated rings. The van der Waals surface area contributed by atoms with Crippen molar-refractivity contribution in [2.45, 2.75) is 51.0 Å². The van der Waals surface area contributed by atoms with Gasteiger partial charge in [-0.3, -0.25) is 0 Å². The number of sulfonamides is 1. The van der Waals surface area contributed by atoms with E-state index in [-0.39, 0.29) is 0 Å². The summed E-state index contributed by atoms with van der Waals surface area (Å²) in [5, 5.41) is 3.25. The van der Waals surface area contributed by atoms with E-state index in [1.807, 2.05) is 0 Å². The van der Waals surface area contributed by atoms with Gasteiger partial charge in [-0.05, 0) is 25.5 Å². The van der Waals surface area contributed by atoms with Gasteiger partial charge in [0.05, 0.1) is 4.90 Å². The molecule has 0 unspecified atom stereocenters. The molecular weight excluding hydrogens is 274 g/mol. The number of rotatable bonds is 10. The Hall–Kier alpha value is -0.850. The molecule has 0 bridgehead atoms. The second kappa shape index (κ2) is 8.44. The maximum Gasteiger partial charge on any atom is 0.244 e. The summed E-state index contributed by atoms with van der Waals surface area (Å²) in [4.78, 5) is 3.38. The van der Waals surface area contributed by atoms with Crippen LogP contribution in [-0.2, 0) is 16.6 Å². The summed E-state index contributed by atoms with van der Waals surface area (Å²) < 4.78 is 26.1. The van der Waals surface area contributed by atoms with Crippen LogP contribution in [0, 0.1) is 0 Å². The first-order chi connectivity index (χ1) is 9.52. The molecule has 0 radical (unpaired) electrons. The Kier molecular flexibility index (Phi) is 7.26. The van der Waals surface area contributed by atoms with Crippen molar-refractivity contribution in [1.29, 1.82) is 0 Å². The van der Waals surface area contributed by atoms with E-state index in [2.05, 4.69) is 24.1 Å². The third-order valence-electron chi connectivity index (χ3n) is 3.24. The highest BCUT2D eigenvalue weighted by Crippen LogP contribution is 2.16. The van der Waals surface area contributed by atoms with Crippen LogP contribution in [0.25, 0.3) is 0 Å². The van der Waals surface area contributed by atoms with Crippen LogP contribution >= 0.6 is 0 Å². The second-order valence-electron chi connectivity index (χ2n) is 5.07. The van der Waals surface area contributed by atoms with Crippen LogP contribution < -0.4 is 5.32 Å². The Morgan fingerprint density at radius 1 is 1.25 bits per heavy atom. The molecule has 0 saturated carbocycles. The highest BCUT2D eigenvalue weighted by molar-refractivity contribution is 7.89. The Bertz CT molecular complexity index is 482. The molecule has 20 heavy (non-hydrogen) atoms. The van der Waals surface area contributed by atoms with E-state index < -0.39 is 10.0 Å². The molecule has 6 heteroatoms. The average Bonchev–Trinajstić information content (AvgIpc) is 2.88. The molecule has 2 N–H and O–H groups in total. The summed E-state index contributed by atoms with van der Waals surface area (Å²) >= 11 is 0. The van der Waals surface area contributed by atoms with Gasteiger partial charge in [-0.1, -0.05) is 26.7 Å². The van der Waals surface area contributed by atoms with Gasteiger partial charge in [0.25, 0.3) is 0 Å². The lowest BCUT2D eigenvalue weighted by molar-refractivity contribution is 0.454. The first-order valence-electron chi connectivity index (χ1n) is 7.36. The predicted molar refractivity (Wildman–Crippen MR) is 82.1 cm³/mol. The zero-order chi connectivity index (χ0) is 15.0. The molecule has 116 valence electrons. The SMILES string of the molecule is CCCCCN(C)S(=O)(=O)c1c[nH]c(CNCCC)c1. The standard InChI is InChI=1S/C14H27N3O2S/c1-4-6-7-9-17(3)20(18,19)14-10-13(16-12-14)11-15-8-5-2/h10,12,15-16H,4-9,11H2,1-3H3. The highest BCUT2D eigenvalue weighted by Gasteiger charge is 2.21. The average molecular weight is 301 g/mol. The quantitative estimate of drug-likeness (QED) is 0.652. The van der Waals surface area contributed by atoms with Crippen molar-refractivity contribution in [3.8, 4) is 0 Å². The van der Waals surface area contributed by atoms with E-state index in [4.69, 9.17) is 0 Å². The summed E-state index contributed by atoms with van der Waals surface area (Å²) in [6.45, 7) is 6.38. The molecule has 0 aliphatic heterocycles. The maximum absolute atomic E-state index is 12.4. The summed E-state index contributed by atoms with van der Waals surface area (Å²) in [6, 6.07) is 1.72. The lowest BCUT2D eigenvalue weighted by atomic mass is 10.2. The normalized spacial score (nSPS) is 12.2. The Balaban J connectivity index is 2.62. The predicted octanol–water partition coefficient (Wildman–Crippen LogP) is 2.33. The first-order valence-corrected chi connectivity index (χ1v) is 8.80. The molecule has 0 aliphatic rings. The van der Waals surface area contributed by atoms with Gasteiger partial charge in [-0.15, -0.1) is 0 Å². The van der Waals surface area contributed by atoms with E-state index in [0.29, 0.717) is 18.0 Å².